The van der Waals surface area contributed by atoms with E-state index in [9.17, 15) is 62.6 Å². The van der Waals surface area contributed by atoms with Gasteiger partial charge in [0.1, 0.15) is 71.4 Å². The number of methoxy groups -OCH3 is 2. The van der Waals surface area contributed by atoms with Crippen LogP contribution in [0.3, 0.4) is 0 Å². The molecule has 0 saturated carbocycles. The van der Waals surface area contributed by atoms with E-state index in [1.165, 1.54) is 65.4 Å². The largest absolute Gasteiger partial charge is 0.480 e. The van der Waals surface area contributed by atoms with Gasteiger partial charge in [0.25, 0.3) is 34.4 Å². The number of esters is 2. The van der Waals surface area contributed by atoms with Crippen LogP contribution in [0.2, 0.25) is 15.1 Å². The number of likely N-dealkylation sites (tertiary alicyclic amines) is 2. The zero-order chi connectivity index (χ0) is 71.0. The minimum atomic E-state index is -1.20. The van der Waals surface area contributed by atoms with Gasteiger partial charge in [-0.3, -0.25) is 61.6 Å². The lowest BCUT2D eigenvalue weighted by Gasteiger charge is -2.38. The fourth-order valence-corrected chi connectivity index (χ4v) is 10.8. The van der Waals surface area contributed by atoms with Crippen LogP contribution in [0.25, 0.3) is 33.1 Å². The molecule has 3 unspecified atom stereocenters. The molecule has 3 fully saturated rings. The summed E-state index contributed by atoms with van der Waals surface area (Å²) < 4.78 is 12.4. The van der Waals surface area contributed by atoms with Gasteiger partial charge in [-0.15, -0.1) is 0 Å². The Balaban J connectivity index is 0.000000165. The average Bonchev–Trinajstić information content (AvgIpc) is 0.797. The number of carboxylic acids is 2. The van der Waals surface area contributed by atoms with Crippen LogP contribution < -0.4 is 37.9 Å². The van der Waals surface area contributed by atoms with Gasteiger partial charge in [0.15, 0.2) is 0 Å². The van der Waals surface area contributed by atoms with Crippen molar-refractivity contribution in [3.05, 3.63) is 225 Å². The third kappa shape index (κ3) is 17.9. The van der Waals surface area contributed by atoms with E-state index >= 15 is 0 Å². The van der Waals surface area contributed by atoms with E-state index in [1.54, 1.807) is 109 Å². The minimum Gasteiger partial charge on any atom is -0.480 e. The number of carboxylic acid groups (broad SMARTS) is 2. The molecule has 12 rings (SSSR count). The second-order valence-corrected chi connectivity index (χ2v) is 23.7. The number of rotatable bonds is 18. The first-order chi connectivity index (χ1) is 47.5. The number of carbonyl (C=O) groups is 9. The number of nitrogens with zero attached hydrogens (tertiary/aromatic N) is 8. The Morgan fingerprint density at radius 2 is 0.818 bits per heavy atom. The summed E-state index contributed by atoms with van der Waals surface area (Å²) in [5.41, 5.74) is 0.779. The van der Waals surface area contributed by atoms with Gasteiger partial charge in [0, 0.05) is 82.5 Å². The third-order valence-corrected chi connectivity index (χ3v) is 16.8. The van der Waals surface area contributed by atoms with Crippen molar-refractivity contribution in [2.24, 2.45) is 0 Å². The first-order valence-corrected chi connectivity index (χ1v) is 31.6. The van der Waals surface area contributed by atoms with Crippen molar-refractivity contribution in [1.29, 1.82) is 0 Å². The zero-order valence-corrected chi connectivity index (χ0v) is 55.2. The Hall–Kier alpha value is -11.2. The number of halogens is 3. The van der Waals surface area contributed by atoms with Gasteiger partial charge < -0.3 is 50.8 Å². The number of nitrogens with one attached hydrogen (secondary N) is 4. The second kappa shape index (κ2) is 33.2. The quantitative estimate of drug-likeness (QED) is 0.0615. The molecule has 99 heavy (non-hydrogen) atoms. The molecule has 9 heterocycles. The highest BCUT2D eigenvalue weighted by Crippen LogP contribution is 2.23. The molecule has 6 N–H and O–H groups in total. The molecule has 0 bridgehead atoms. The number of carbonyl (C=O) groups excluding carboxylic acids is 7. The zero-order valence-electron chi connectivity index (χ0n) is 52.9. The van der Waals surface area contributed by atoms with Crippen LogP contribution in [0.5, 0.6) is 0 Å². The number of hydrogen-bond acceptors (Lipinski definition) is 18. The standard InChI is InChI=1S/C23H21ClN4O5.C22H19ClN4O5.C18H14ClN3O4.C5H9NO2/c1-33-23(32)18-8-10-27(18)19(29)13-28-20-15(3-2-9-25-20)11-17(22(28)31)21(30)26-12-14-4-6-16(24)7-5-14;23-15-5-3-13(4-6-15)11-25-20(29)16-10-14-2-1-8-24-19(14)27(21(16)30)12-18(28)26-9-7-17(26)22(31)32;19-13-5-3-11(4-6-13)9-21-17(25)14-8-12-2-1-7-20-16(12)22(18(14)26)10-15(23)24;1-8-5(7)4-2-3-6-4/h2-7,9,11,18H,8,10,12-13H2,1H3,(H,26,30);1-6,8,10,17H,7,9,11-12H2,(H,25,29)(H,31,32);1-8H,9-10H2,(H,21,25)(H,23,24);4,6H,2-3H2,1H3. The molecule has 3 aliphatic rings. The number of amides is 5. The summed E-state index contributed by atoms with van der Waals surface area (Å²) in [5, 5.41) is 32.5. The van der Waals surface area contributed by atoms with Gasteiger partial charge in [0.05, 0.1) is 14.2 Å². The second-order valence-electron chi connectivity index (χ2n) is 22.4. The summed E-state index contributed by atoms with van der Waals surface area (Å²) in [6.07, 6.45) is 6.23. The smallest absolute Gasteiger partial charge is 0.328 e. The molecular formula is C68H63Cl3N12O16. The van der Waals surface area contributed by atoms with E-state index in [0.717, 1.165) is 38.8 Å². The van der Waals surface area contributed by atoms with Crippen molar-refractivity contribution < 1.29 is 62.8 Å². The Labute approximate surface area is 577 Å². The molecule has 31 heteroatoms. The van der Waals surface area contributed by atoms with Crippen LogP contribution in [0.4, 0.5) is 0 Å². The number of pyridine rings is 6. The fraction of sp³-hybridized carbons (Fsp3) is 0.250. The molecule has 9 aromatic rings. The third-order valence-electron chi connectivity index (χ3n) is 16.0. The molecular weight excluding hydrogens is 1350 g/mol. The fourth-order valence-electron chi connectivity index (χ4n) is 10.4. The number of aromatic nitrogens is 6. The van der Waals surface area contributed by atoms with E-state index in [2.05, 4.69) is 41.0 Å². The summed E-state index contributed by atoms with van der Waals surface area (Å²) >= 11 is 17.6. The molecule has 6 aromatic heterocycles. The lowest BCUT2D eigenvalue weighted by atomic mass is 10.0. The van der Waals surface area contributed by atoms with Crippen LogP contribution >= 0.6 is 34.8 Å². The summed E-state index contributed by atoms with van der Waals surface area (Å²) in [5.74, 6) is -5.62. The maximum atomic E-state index is 13.2. The highest BCUT2D eigenvalue weighted by molar-refractivity contribution is 6.31. The van der Waals surface area contributed by atoms with Crippen molar-refractivity contribution in [2.45, 2.75) is 76.7 Å². The summed E-state index contributed by atoms with van der Waals surface area (Å²) in [6.45, 7) is 0.898. The Morgan fingerprint density at radius 3 is 1.09 bits per heavy atom. The highest BCUT2D eigenvalue weighted by atomic mass is 35.5. The van der Waals surface area contributed by atoms with Crippen molar-refractivity contribution in [2.75, 3.05) is 33.9 Å². The predicted octanol–water partition coefficient (Wildman–Crippen LogP) is 5.01. The van der Waals surface area contributed by atoms with Gasteiger partial charge in [0.2, 0.25) is 11.8 Å². The van der Waals surface area contributed by atoms with Gasteiger partial charge in [-0.25, -0.2) is 24.5 Å². The maximum Gasteiger partial charge on any atom is 0.328 e. The average molecular weight is 1410 g/mol. The molecule has 28 nitrogen and oxygen atoms in total. The summed E-state index contributed by atoms with van der Waals surface area (Å²) in [7, 11) is 2.67. The van der Waals surface area contributed by atoms with Gasteiger partial charge >= 0.3 is 23.9 Å². The van der Waals surface area contributed by atoms with Crippen LogP contribution in [-0.4, -0.2) is 154 Å². The van der Waals surface area contributed by atoms with Gasteiger partial charge in [-0.05, 0) is 133 Å². The van der Waals surface area contributed by atoms with E-state index in [-0.39, 0.29) is 71.8 Å². The molecule has 512 valence electrons. The SMILES string of the molecule is COC(=O)C1CCN1.COC(=O)C1CCN1C(=O)Cn1c(=O)c(C(=O)NCc2ccc(Cl)cc2)cc2cccnc21.O=C(NCc1ccc(Cl)cc1)c1cc2cccnc2n(CC(=O)N2CCC2C(=O)O)c1=O.O=C(O)Cn1c(=O)c(C(=O)NCc2ccc(Cl)cc2)cc2cccnc21. The topological polar surface area (TPSA) is 372 Å². The Kier molecular flexibility index (Phi) is 24.1. The summed E-state index contributed by atoms with van der Waals surface area (Å²) in [4.78, 5) is 162. The Bertz CT molecular complexity index is 4760. The van der Waals surface area contributed by atoms with Crippen LogP contribution in [0.1, 0.15) is 67.0 Å². The van der Waals surface area contributed by atoms with Crippen molar-refractivity contribution in [1.82, 2.24) is 59.7 Å². The first-order valence-electron chi connectivity index (χ1n) is 30.5. The van der Waals surface area contributed by atoms with Crippen LogP contribution in [0, 0.1) is 0 Å². The number of benzene rings is 3. The molecule has 3 aromatic carbocycles. The van der Waals surface area contributed by atoms with Crippen molar-refractivity contribution >= 4 is 121 Å². The van der Waals surface area contributed by atoms with Crippen molar-refractivity contribution in [3.8, 4) is 0 Å². The first kappa shape index (κ1) is 72.1. The summed E-state index contributed by atoms with van der Waals surface area (Å²) in [6, 6.07) is 33.6. The number of fused-ring (bicyclic) bond motifs is 3. The highest BCUT2D eigenvalue weighted by Gasteiger charge is 2.40. The number of aliphatic carboxylic acids is 2. The molecule has 0 aliphatic carbocycles. The molecule has 0 spiro atoms. The lowest BCUT2D eigenvalue weighted by Crippen LogP contribution is -2.56. The molecule has 3 aliphatic heterocycles. The minimum absolute atomic E-state index is 0.0139. The van der Waals surface area contributed by atoms with E-state index in [1.807, 2.05) is 0 Å². The molecule has 3 saturated heterocycles. The van der Waals surface area contributed by atoms with E-state index < -0.39 is 89.3 Å². The lowest BCUT2D eigenvalue weighted by molar-refractivity contribution is -0.160. The predicted molar refractivity (Wildman–Crippen MR) is 362 cm³/mol. The van der Waals surface area contributed by atoms with Crippen LogP contribution in [0.15, 0.2) is 160 Å². The Morgan fingerprint density at radius 1 is 0.485 bits per heavy atom. The normalized spacial score (nSPS) is 14.9. The molecule has 0 radical (unpaired) electrons. The molecule has 3 atom stereocenters. The number of hydrogen-bond donors (Lipinski definition) is 6. The van der Waals surface area contributed by atoms with Gasteiger partial charge in [-0.1, -0.05) is 71.2 Å². The van der Waals surface area contributed by atoms with E-state index in [0.29, 0.717) is 57.2 Å². The molecule has 5 amide bonds. The van der Waals surface area contributed by atoms with Gasteiger partial charge in [-0.2, -0.15) is 0 Å². The maximum absolute atomic E-state index is 13.2. The number of ether oxygens (including phenoxy) is 2. The monoisotopic (exact) mass is 1410 g/mol. The van der Waals surface area contributed by atoms with Crippen molar-refractivity contribution in [3.63, 3.8) is 0 Å². The van der Waals surface area contributed by atoms with E-state index in [4.69, 9.17) is 44.6 Å². The van der Waals surface area contributed by atoms with Crippen LogP contribution in [-0.2, 0) is 77.5 Å².